The Morgan fingerprint density at radius 3 is 2.50 bits per heavy atom. The molecule has 4 heteroatoms. The Morgan fingerprint density at radius 2 is 2.00 bits per heavy atom. The first-order chi connectivity index (χ1) is 6.60. The van der Waals surface area contributed by atoms with Crippen LogP contribution in [0.3, 0.4) is 0 Å². The molecule has 1 aromatic rings. The van der Waals surface area contributed by atoms with Gasteiger partial charge in [0, 0.05) is 17.7 Å². The molecule has 0 saturated carbocycles. The Bertz CT molecular complexity index is 328. The van der Waals surface area contributed by atoms with Crippen molar-refractivity contribution < 1.29 is 13.5 Å². The van der Waals surface area contributed by atoms with Gasteiger partial charge >= 0.3 is 0 Å². The Morgan fingerprint density at radius 1 is 1.36 bits per heavy atom. The van der Waals surface area contributed by atoms with Crippen LogP contribution in [0.25, 0.3) is 0 Å². The molecular weight excluding hydrogens is 188 g/mol. The zero-order chi connectivity index (χ0) is 10.7. The van der Waals surface area contributed by atoms with Gasteiger partial charge in [0.1, 0.15) is 5.82 Å². The molecule has 0 aliphatic rings. The third kappa shape index (κ3) is 2.01. The minimum atomic E-state index is -0.590. The summed E-state index contributed by atoms with van der Waals surface area (Å²) in [5, 5.41) is 0. The number of halogens is 2. The number of hydrogen-bond acceptors (Lipinski definition) is 2. The summed E-state index contributed by atoms with van der Waals surface area (Å²) < 4.78 is 31.1. The number of nitrogens with two attached hydrogens (primary N) is 1. The summed E-state index contributed by atoms with van der Waals surface area (Å²) in [6.07, 6.45) is 0.558. The van der Waals surface area contributed by atoms with Gasteiger partial charge in [-0.25, -0.2) is 8.78 Å². The van der Waals surface area contributed by atoms with Gasteiger partial charge < -0.3 is 10.5 Å². The van der Waals surface area contributed by atoms with E-state index in [2.05, 4.69) is 4.74 Å². The summed E-state index contributed by atoms with van der Waals surface area (Å²) in [5.74, 6) is -1.22. The fraction of sp³-hybridized carbons (Fsp3) is 0.400. The summed E-state index contributed by atoms with van der Waals surface area (Å²) >= 11 is 0. The SMILES string of the molecule is CC[C@H](N)c1cc(F)c(OC)cc1F. The van der Waals surface area contributed by atoms with Crippen LogP contribution >= 0.6 is 0 Å². The third-order valence-electron chi connectivity index (χ3n) is 2.11. The van der Waals surface area contributed by atoms with Gasteiger partial charge in [-0.3, -0.25) is 0 Å². The van der Waals surface area contributed by atoms with Crippen molar-refractivity contribution in [2.75, 3.05) is 7.11 Å². The van der Waals surface area contributed by atoms with Gasteiger partial charge in [-0.05, 0) is 12.5 Å². The van der Waals surface area contributed by atoms with Crippen molar-refractivity contribution >= 4 is 0 Å². The molecule has 0 radical (unpaired) electrons. The highest BCUT2D eigenvalue weighted by Crippen LogP contribution is 2.25. The Balaban J connectivity index is 3.14. The Hall–Kier alpha value is -1.16. The van der Waals surface area contributed by atoms with Gasteiger partial charge in [0.25, 0.3) is 0 Å². The number of methoxy groups -OCH3 is 1. The van der Waals surface area contributed by atoms with Crippen LogP contribution in [0.2, 0.25) is 0 Å². The second-order valence-corrected chi connectivity index (χ2v) is 3.02. The van der Waals surface area contributed by atoms with Crippen LogP contribution in [0, 0.1) is 11.6 Å². The first kappa shape index (κ1) is 10.9. The van der Waals surface area contributed by atoms with E-state index in [9.17, 15) is 8.78 Å². The van der Waals surface area contributed by atoms with Crippen molar-refractivity contribution in [2.24, 2.45) is 5.73 Å². The molecule has 0 unspecified atom stereocenters. The smallest absolute Gasteiger partial charge is 0.165 e. The number of benzene rings is 1. The van der Waals surface area contributed by atoms with Crippen LogP contribution in [-0.4, -0.2) is 7.11 Å². The van der Waals surface area contributed by atoms with Crippen molar-refractivity contribution in [1.82, 2.24) is 0 Å². The molecule has 1 rings (SSSR count). The van der Waals surface area contributed by atoms with Crippen molar-refractivity contribution in [1.29, 1.82) is 0 Å². The van der Waals surface area contributed by atoms with Crippen molar-refractivity contribution in [2.45, 2.75) is 19.4 Å². The van der Waals surface area contributed by atoms with Crippen molar-refractivity contribution in [3.8, 4) is 5.75 Å². The molecule has 0 heterocycles. The van der Waals surface area contributed by atoms with E-state index in [0.29, 0.717) is 6.42 Å². The molecule has 1 atom stereocenters. The molecule has 1 aromatic carbocycles. The first-order valence-corrected chi connectivity index (χ1v) is 4.38. The number of rotatable bonds is 3. The number of hydrogen-bond donors (Lipinski definition) is 1. The van der Waals surface area contributed by atoms with Crippen LogP contribution in [0.5, 0.6) is 5.75 Å². The fourth-order valence-electron chi connectivity index (χ4n) is 1.20. The molecule has 0 spiro atoms. The second-order valence-electron chi connectivity index (χ2n) is 3.02. The van der Waals surface area contributed by atoms with E-state index in [1.165, 1.54) is 7.11 Å². The fourth-order valence-corrected chi connectivity index (χ4v) is 1.20. The van der Waals surface area contributed by atoms with Gasteiger partial charge in [0.15, 0.2) is 11.6 Å². The number of ether oxygens (including phenoxy) is 1. The monoisotopic (exact) mass is 201 g/mol. The summed E-state index contributed by atoms with van der Waals surface area (Å²) in [7, 11) is 1.29. The molecule has 0 saturated heterocycles. The normalized spacial score (nSPS) is 12.6. The van der Waals surface area contributed by atoms with E-state index in [1.54, 1.807) is 0 Å². The van der Waals surface area contributed by atoms with E-state index in [4.69, 9.17) is 5.73 Å². The van der Waals surface area contributed by atoms with Crippen LogP contribution in [0.4, 0.5) is 8.78 Å². The van der Waals surface area contributed by atoms with Crippen molar-refractivity contribution in [3.05, 3.63) is 29.3 Å². The highest BCUT2D eigenvalue weighted by molar-refractivity contribution is 5.32. The molecule has 2 nitrogen and oxygen atoms in total. The van der Waals surface area contributed by atoms with Gasteiger partial charge in [0.05, 0.1) is 7.11 Å². The maximum Gasteiger partial charge on any atom is 0.165 e. The lowest BCUT2D eigenvalue weighted by Gasteiger charge is -2.12. The molecule has 2 N–H and O–H groups in total. The molecular formula is C10H13F2NO. The van der Waals surface area contributed by atoms with E-state index >= 15 is 0 Å². The van der Waals surface area contributed by atoms with E-state index in [1.807, 2.05) is 6.92 Å². The molecule has 14 heavy (non-hydrogen) atoms. The van der Waals surface area contributed by atoms with Crippen LogP contribution in [-0.2, 0) is 0 Å². The Kier molecular flexibility index (Phi) is 3.41. The van der Waals surface area contributed by atoms with E-state index < -0.39 is 17.7 Å². The third-order valence-corrected chi connectivity index (χ3v) is 2.11. The van der Waals surface area contributed by atoms with Gasteiger partial charge in [-0.15, -0.1) is 0 Å². The lowest BCUT2D eigenvalue weighted by Crippen LogP contribution is -2.11. The molecule has 0 amide bonds. The predicted molar refractivity (Wildman–Crippen MR) is 50.1 cm³/mol. The Labute approximate surface area is 81.7 Å². The lowest BCUT2D eigenvalue weighted by atomic mass is 10.0. The minimum absolute atomic E-state index is 0.102. The molecule has 78 valence electrons. The standard InChI is InChI=1S/C10H13F2NO/c1-3-9(13)6-4-8(12)10(14-2)5-7(6)11/h4-5,9H,3,13H2,1-2H3/t9-/m0/s1. The van der Waals surface area contributed by atoms with E-state index in [0.717, 1.165) is 12.1 Å². The topological polar surface area (TPSA) is 35.2 Å². The largest absolute Gasteiger partial charge is 0.494 e. The predicted octanol–water partition coefficient (Wildman–Crippen LogP) is 2.38. The van der Waals surface area contributed by atoms with Gasteiger partial charge in [-0.1, -0.05) is 6.92 Å². The summed E-state index contributed by atoms with van der Waals surface area (Å²) in [6, 6.07) is 1.62. The highest BCUT2D eigenvalue weighted by Gasteiger charge is 2.14. The highest BCUT2D eigenvalue weighted by atomic mass is 19.1. The molecule has 0 aliphatic carbocycles. The zero-order valence-electron chi connectivity index (χ0n) is 8.18. The first-order valence-electron chi connectivity index (χ1n) is 4.38. The molecule has 0 fully saturated rings. The average Bonchev–Trinajstić information content (AvgIpc) is 2.19. The average molecular weight is 201 g/mol. The summed E-state index contributed by atoms with van der Waals surface area (Å²) in [6.45, 7) is 1.81. The van der Waals surface area contributed by atoms with Gasteiger partial charge in [-0.2, -0.15) is 0 Å². The molecule has 0 aromatic heterocycles. The maximum atomic E-state index is 13.3. The van der Waals surface area contributed by atoms with Crippen LogP contribution in [0.1, 0.15) is 24.9 Å². The second kappa shape index (κ2) is 4.37. The quantitative estimate of drug-likeness (QED) is 0.814. The van der Waals surface area contributed by atoms with Crippen LogP contribution < -0.4 is 10.5 Å². The maximum absolute atomic E-state index is 13.3. The summed E-state index contributed by atoms with van der Waals surface area (Å²) in [4.78, 5) is 0. The zero-order valence-corrected chi connectivity index (χ0v) is 8.18. The lowest BCUT2D eigenvalue weighted by molar-refractivity contribution is 0.381. The minimum Gasteiger partial charge on any atom is -0.494 e. The van der Waals surface area contributed by atoms with Crippen molar-refractivity contribution in [3.63, 3.8) is 0 Å². The summed E-state index contributed by atoms with van der Waals surface area (Å²) in [5.41, 5.74) is 5.79. The molecule has 0 aliphatic heterocycles. The van der Waals surface area contributed by atoms with E-state index in [-0.39, 0.29) is 11.3 Å². The van der Waals surface area contributed by atoms with Gasteiger partial charge in [0.2, 0.25) is 0 Å². The van der Waals surface area contributed by atoms with Crippen LogP contribution in [0.15, 0.2) is 12.1 Å². The molecule has 0 bridgehead atoms.